The summed E-state index contributed by atoms with van der Waals surface area (Å²) < 4.78 is 11.0. The van der Waals surface area contributed by atoms with Crippen molar-refractivity contribution in [2.45, 2.75) is 19.8 Å². The van der Waals surface area contributed by atoms with Crippen molar-refractivity contribution in [3.8, 4) is 11.5 Å². The summed E-state index contributed by atoms with van der Waals surface area (Å²) in [6, 6.07) is 13.6. The summed E-state index contributed by atoms with van der Waals surface area (Å²) in [5, 5.41) is 3.88. The Morgan fingerprint density at radius 1 is 1.03 bits per heavy atom. The number of unbranched alkanes of at least 4 members (excludes halogenated alkanes) is 1. The van der Waals surface area contributed by atoms with Gasteiger partial charge in [0.1, 0.15) is 17.2 Å². The van der Waals surface area contributed by atoms with Crippen LogP contribution in [0.25, 0.3) is 0 Å². The number of rotatable bonds is 9. The predicted octanol–water partition coefficient (Wildman–Crippen LogP) is 3.64. The first kappa shape index (κ1) is 21.6. The molecule has 3 aromatic rings. The highest BCUT2D eigenvalue weighted by Crippen LogP contribution is 2.16. The van der Waals surface area contributed by atoms with Gasteiger partial charge >= 0.3 is 5.97 Å². The van der Waals surface area contributed by atoms with Crippen LogP contribution in [0.3, 0.4) is 0 Å². The first-order valence-electron chi connectivity index (χ1n) is 9.80. The molecular weight excluding hydrogens is 396 g/mol. The Balaban J connectivity index is 1.50. The van der Waals surface area contributed by atoms with Crippen LogP contribution in [-0.2, 0) is 0 Å². The van der Waals surface area contributed by atoms with E-state index in [-0.39, 0.29) is 5.69 Å². The second-order valence-electron chi connectivity index (χ2n) is 6.47. The van der Waals surface area contributed by atoms with E-state index >= 15 is 0 Å². The smallest absolute Gasteiger partial charge is 0.343 e. The second kappa shape index (κ2) is 11.2. The normalized spacial score (nSPS) is 10.6. The van der Waals surface area contributed by atoms with Gasteiger partial charge in [0, 0.05) is 12.4 Å². The molecule has 2 aromatic carbocycles. The lowest BCUT2D eigenvalue weighted by Gasteiger charge is -2.07. The molecule has 1 aromatic heterocycles. The van der Waals surface area contributed by atoms with E-state index in [9.17, 15) is 9.59 Å². The van der Waals surface area contributed by atoms with Crippen LogP contribution < -0.4 is 14.9 Å². The maximum atomic E-state index is 12.3. The molecule has 0 saturated heterocycles. The van der Waals surface area contributed by atoms with E-state index in [4.69, 9.17) is 9.47 Å². The van der Waals surface area contributed by atoms with Gasteiger partial charge in [0.25, 0.3) is 5.91 Å². The topological polar surface area (TPSA) is 103 Å². The van der Waals surface area contributed by atoms with Crippen LogP contribution in [0.2, 0.25) is 0 Å². The van der Waals surface area contributed by atoms with Crippen molar-refractivity contribution in [1.29, 1.82) is 0 Å². The van der Waals surface area contributed by atoms with Crippen LogP contribution in [0.1, 0.15) is 46.2 Å². The van der Waals surface area contributed by atoms with E-state index < -0.39 is 11.9 Å². The summed E-state index contributed by atoms with van der Waals surface area (Å²) in [6.45, 7) is 2.75. The summed E-state index contributed by atoms with van der Waals surface area (Å²) in [5.41, 5.74) is 3.68. The van der Waals surface area contributed by atoms with Crippen LogP contribution in [0.5, 0.6) is 11.5 Å². The summed E-state index contributed by atoms with van der Waals surface area (Å²) in [5.74, 6) is 0.198. The fourth-order valence-electron chi connectivity index (χ4n) is 2.45. The Hall–Kier alpha value is -4.07. The molecule has 1 amide bonds. The molecule has 0 saturated carbocycles. The first-order chi connectivity index (χ1) is 15.2. The van der Waals surface area contributed by atoms with Gasteiger partial charge in [-0.1, -0.05) is 13.3 Å². The quantitative estimate of drug-likeness (QED) is 0.187. The number of carbonyl (C=O) groups is 2. The average molecular weight is 418 g/mol. The first-order valence-corrected chi connectivity index (χ1v) is 9.80. The number of carbonyl (C=O) groups excluding carboxylic acids is 2. The molecule has 0 spiro atoms. The maximum Gasteiger partial charge on any atom is 0.343 e. The van der Waals surface area contributed by atoms with E-state index in [0.29, 0.717) is 23.5 Å². The molecule has 0 atom stereocenters. The number of esters is 1. The zero-order valence-electron chi connectivity index (χ0n) is 17.0. The molecule has 0 aliphatic rings. The van der Waals surface area contributed by atoms with E-state index in [1.807, 2.05) is 0 Å². The van der Waals surface area contributed by atoms with E-state index in [1.165, 1.54) is 24.8 Å². The predicted molar refractivity (Wildman–Crippen MR) is 115 cm³/mol. The SMILES string of the molecule is CCCCOc1ccc(C(=O)Oc2ccc(C=NNC(=O)c3cnccn3)cc2)cc1. The highest BCUT2D eigenvalue weighted by molar-refractivity contribution is 5.93. The second-order valence-corrected chi connectivity index (χ2v) is 6.47. The molecule has 0 fully saturated rings. The average Bonchev–Trinajstić information content (AvgIpc) is 2.81. The zero-order chi connectivity index (χ0) is 21.9. The summed E-state index contributed by atoms with van der Waals surface area (Å²) in [4.78, 5) is 31.9. The monoisotopic (exact) mass is 418 g/mol. The number of aromatic nitrogens is 2. The molecule has 8 nitrogen and oxygen atoms in total. The summed E-state index contributed by atoms with van der Waals surface area (Å²) >= 11 is 0. The van der Waals surface area contributed by atoms with Crippen molar-refractivity contribution < 1.29 is 19.1 Å². The van der Waals surface area contributed by atoms with Gasteiger partial charge in [0.2, 0.25) is 0 Å². The fourth-order valence-corrected chi connectivity index (χ4v) is 2.45. The van der Waals surface area contributed by atoms with Gasteiger partial charge in [-0.2, -0.15) is 5.10 Å². The van der Waals surface area contributed by atoms with Crippen molar-refractivity contribution >= 4 is 18.1 Å². The van der Waals surface area contributed by atoms with Crippen LogP contribution in [0.4, 0.5) is 0 Å². The van der Waals surface area contributed by atoms with Crippen molar-refractivity contribution in [1.82, 2.24) is 15.4 Å². The summed E-state index contributed by atoms with van der Waals surface area (Å²) in [7, 11) is 0. The van der Waals surface area contributed by atoms with Gasteiger partial charge in [-0.15, -0.1) is 0 Å². The van der Waals surface area contributed by atoms with Crippen LogP contribution >= 0.6 is 0 Å². The van der Waals surface area contributed by atoms with E-state index in [0.717, 1.165) is 18.6 Å². The van der Waals surface area contributed by atoms with Crippen molar-refractivity contribution in [3.63, 3.8) is 0 Å². The van der Waals surface area contributed by atoms with Crippen LogP contribution in [0.15, 0.2) is 72.2 Å². The largest absolute Gasteiger partial charge is 0.494 e. The number of nitrogens with zero attached hydrogens (tertiary/aromatic N) is 3. The molecule has 3 rings (SSSR count). The van der Waals surface area contributed by atoms with Gasteiger partial charge in [0.15, 0.2) is 0 Å². The minimum absolute atomic E-state index is 0.169. The lowest BCUT2D eigenvalue weighted by Crippen LogP contribution is -2.19. The third-order valence-electron chi connectivity index (χ3n) is 4.12. The molecule has 0 aliphatic carbocycles. The molecule has 31 heavy (non-hydrogen) atoms. The van der Waals surface area contributed by atoms with Crippen molar-refractivity contribution in [2.24, 2.45) is 5.10 Å². The molecule has 1 N–H and O–H groups in total. The van der Waals surface area contributed by atoms with Gasteiger partial charge in [-0.25, -0.2) is 15.2 Å². The molecule has 0 unspecified atom stereocenters. The van der Waals surface area contributed by atoms with E-state index in [1.54, 1.807) is 48.5 Å². The Bertz CT molecular complexity index is 1020. The molecular formula is C23H22N4O4. The molecule has 0 bridgehead atoms. The Labute approximate surface area is 180 Å². The zero-order valence-corrected chi connectivity index (χ0v) is 17.0. The van der Waals surface area contributed by atoms with Gasteiger partial charge < -0.3 is 9.47 Å². The standard InChI is InChI=1S/C23H22N4O4/c1-2-3-14-30-19-10-6-18(7-11-19)23(29)31-20-8-4-17(5-9-20)15-26-27-22(28)21-16-24-12-13-25-21/h4-13,15-16H,2-3,14H2,1H3,(H,27,28). The van der Waals surface area contributed by atoms with Crippen molar-refractivity contribution in [3.05, 3.63) is 83.9 Å². The highest BCUT2D eigenvalue weighted by Gasteiger charge is 2.09. The Morgan fingerprint density at radius 2 is 1.77 bits per heavy atom. The minimum atomic E-state index is -0.461. The Morgan fingerprint density at radius 3 is 2.45 bits per heavy atom. The molecule has 8 heteroatoms. The molecule has 158 valence electrons. The number of amides is 1. The number of hydrogen-bond acceptors (Lipinski definition) is 7. The van der Waals surface area contributed by atoms with Crippen LogP contribution in [-0.4, -0.2) is 34.7 Å². The number of nitrogens with one attached hydrogen (secondary N) is 1. The van der Waals surface area contributed by atoms with Gasteiger partial charge in [0.05, 0.1) is 24.6 Å². The minimum Gasteiger partial charge on any atom is -0.494 e. The van der Waals surface area contributed by atoms with E-state index in [2.05, 4.69) is 27.4 Å². The van der Waals surface area contributed by atoms with Gasteiger partial charge in [-0.05, 0) is 60.5 Å². The highest BCUT2D eigenvalue weighted by atomic mass is 16.5. The lowest BCUT2D eigenvalue weighted by atomic mass is 10.2. The van der Waals surface area contributed by atoms with Crippen molar-refractivity contribution in [2.75, 3.05) is 6.61 Å². The van der Waals surface area contributed by atoms with Gasteiger partial charge in [-0.3, -0.25) is 9.78 Å². The molecule has 0 radical (unpaired) electrons. The lowest BCUT2D eigenvalue weighted by molar-refractivity contribution is 0.0734. The number of benzene rings is 2. The third-order valence-corrected chi connectivity index (χ3v) is 4.12. The molecule has 1 heterocycles. The Kier molecular flexibility index (Phi) is 7.82. The van der Waals surface area contributed by atoms with Crippen LogP contribution in [0, 0.1) is 0 Å². The third kappa shape index (κ3) is 6.74. The molecule has 0 aliphatic heterocycles. The fraction of sp³-hybridized carbons (Fsp3) is 0.174. The maximum absolute atomic E-state index is 12.3. The number of hydrazone groups is 1. The number of ether oxygens (including phenoxy) is 2. The summed E-state index contributed by atoms with van der Waals surface area (Å²) in [6.07, 6.45) is 7.77. The number of hydrogen-bond donors (Lipinski definition) is 1.